The Bertz CT molecular complexity index is 235. The third-order valence-electron chi connectivity index (χ3n) is 4.35. The van der Waals surface area contributed by atoms with Gasteiger partial charge in [0, 0.05) is 44.3 Å². The van der Waals surface area contributed by atoms with E-state index in [9.17, 15) is 5.11 Å². The molecule has 2 atom stereocenters. The summed E-state index contributed by atoms with van der Waals surface area (Å²) >= 11 is 0. The molecular weight excluding hydrogens is 214 g/mol. The van der Waals surface area contributed by atoms with Crippen LogP contribution in [-0.4, -0.2) is 65.8 Å². The first-order chi connectivity index (χ1) is 8.13. The molecule has 2 aliphatic rings. The molecule has 0 spiro atoms. The number of nitrogens with zero attached hydrogens (tertiary/aromatic N) is 2. The van der Waals surface area contributed by atoms with Gasteiger partial charge in [-0.1, -0.05) is 0 Å². The minimum Gasteiger partial charge on any atom is -0.395 e. The molecule has 3 N–H and O–H groups in total. The number of hydrogen-bond acceptors (Lipinski definition) is 4. The Balaban J connectivity index is 1.85. The van der Waals surface area contributed by atoms with Crippen molar-refractivity contribution in [2.75, 3.05) is 32.8 Å². The number of aliphatic hydroxyl groups is 1. The van der Waals surface area contributed by atoms with Gasteiger partial charge in [0.25, 0.3) is 0 Å². The monoisotopic (exact) mass is 241 g/mol. The highest BCUT2D eigenvalue weighted by molar-refractivity contribution is 4.94. The van der Waals surface area contributed by atoms with Crippen LogP contribution in [0.3, 0.4) is 0 Å². The summed E-state index contributed by atoms with van der Waals surface area (Å²) in [7, 11) is 0. The van der Waals surface area contributed by atoms with Crippen molar-refractivity contribution in [1.29, 1.82) is 0 Å². The second kappa shape index (κ2) is 5.65. The predicted molar refractivity (Wildman–Crippen MR) is 69.9 cm³/mol. The fraction of sp³-hybridized carbons (Fsp3) is 1.00. The molecule has 0 radical (unpaired) electrons. The summed E-state index contributed by atoms with van der Waals surface area (Å²) < 4.78 is 0. The maximum absolute atomic E-state index is 9.57. The normalized spacial score (nSPS) is 27.4. The van der Waals surface area contributed by atoms with Gasteiger partial charge in [-0.3, -0.25) is 9.80 Å². The van der Waals surface area contributed by atoms with E-state index in [1.54, 1.807) is 0 Å². The molecule has 4 heteroatoms. The molecule has 0 aromatic heterocycles. The van der Waals surface area contributed by atoms with Crippen molar-refractivity contribution in [3.63, 3.8) is 0 Å². The Kier molecular flexibility index (Phi) is 4.42. The molecule has 1 aliphatic heterocycles. The fourth-order valence-electron chi connectivity index (χ4n) is 2.86. The van der Waals surface area contributed by atoms with Gasteiger partial charge >= 0.3 is 0 Å². The van der Waals surface area contributed by atoms with Crippen LogP contribution in [0.25, 0.3) is 0 Å². The number of aliphatic hydroxyl groups excluding tert-OH is 1. The summed E-state index contributed by atoms with van der Waals surface area (Å²) in [6.07, 6.45) is 2.51. The zero-order valence-corrected chi connectivity index (χ0v) is 11.2. The third-order valence-corrected chi connectivity index (χ3v) is 4.35. The summed E-state index contributed by atoms with van der Waals surface area (Å²) in [6, 6.07) is 0.976. The summed E-state index contributed by atoms with van der Waals surface area (Å²) in [5.41, 5.74) is 6.24. The Morgan fingerprint density at radius 2 is 1.65 bits per heavy atom. The molecule has 0 amide bonds. The van der Waals surface area contributed by atoms with Crippen LogP contribution in [0.4, 0.5) is 0 Å². The first-order valence-electron chi connectivity index (χ1n) is 6.98. The summed E-state index contributed by atoms with van der Waals surface area (Å²) in [5, 5.41) is 9.57. The van der Waals surface area contributed by atoms with Crippen LogP contribution in [0.15, 0.2) is 0 Å². The van der Waals surface area contributed by atoms with Crippen molar-refractivity contribution in [3.8, 4) is 0 Å². The van der Waals surface area contributed by atoms with E-state index in [0.29, 0.717) is 12.0 Å². The van der Waals surface area contributed by atoms with Crippen LogP contribution < -0.4 is 5.73 Å². The van der Waals surface area contributed by atoms with E-state index in [1.807, 2.05) is 0 Å². The molecule has 2 unspecified atom stereocenters. The van der Waals surface area contributed by atoms with E-state index in [4.69, 9.17) is 5.73 Å². The standard InChI is InChI=1S/C13H27N3O/c1-10(2)15-5-7-16(8-6-15)12(9-17)13(14)11-3-4-11/h10-13,17H,3-9,14H2,1-2H3. The van der Waals surface area contributed by atoms with Gasteiger partial charge in [-0.2, -0.15) is 0 Å². The van der Waals surface area contributed by atoms with Gasteiger partial charge in [0.2, 0.25) is 0 Å². The number of nitrogens with two attached hydrogens (primary N) is 1. The maximum Gasteiger partial charge on any atom is 0.0602 e. The second-order valence-corrected chi connectivity index (χ2v) is 5.83. The first-order valence-corrected chi connectivity index (χ1v) is 6.98. The largest absolute Gasteiger partial charge is 0.395 e. The average molecular weight is 241 g/mol. The molecule has 100 valence electrons. The van der Waals surface area contributed by atoms with E-state index >= 15 is 0 Å². The first kappa shape index (κ1) is 13.3. The molecule has 0 aromatic carbocycles. The third kappa shape index (κ3) is 3.19. The van der Waals surface area contributed by atoms with E-state index in [0.717, 1.165) is 26.2 Å². The van der Waals surface area contributed by atoms with Crippen molar-refractivity contribution in [3.05, 3.63) is 0 Å². The second-order valence-electron chi connectivity index (χ2n) is 5.83. The Morgan fingerprint density at radius 3 is 2.06 bits per heavy atom. The molecule has 1 saturated carbocycles. The highest BCUT2D eigenvalue weighted by Crippen LogP contribution is 2.34. The zero-order chi connectivity index (χ0) is 12.4. The lowest BCUT2D eigenvalue weighted by molar-refractivity contribution is 0.0399. The lowest BCUT2D eigenvalue weighted by Crippen LogP contribution is -2.58. The van der Waals surface area contributed by atoms with Crippen LogP contribution in [0.1, 0.15) is 26.7 Å². The van der Waals surface area contributed by atoms with E-state index in [1.165, 1.54) is 12.8 Å². The maximum atomic E-state index is 9.57. The highest BCUT2D eigenvalue weighted by Gasteiger charge is 2.37. The van der Waals surface area contributed by atoms with Crippen LogP contribution in [0, 0.1) is 5.92 Å². The van der Waals surface area contributed by atoms with Crippen molar-refractivity contribution >= 4 is 0 Å². The molecule has 2 fully saturated rings. The molecule has 1 heterocycles. The van der Waals surface area contributed by atoms with Crippen molar-refractivity contribution in [2.24, 2.45) is 11.7 Å². The van der Waals surface area contributed by atoms with Gasteiger partial charge in [-0.05, 0) is 32.6 Å². The van der Waals surface area contributed by atoms with Gasteiger partial charge in [-0.25, -0.2) is 0 Å². The molecule has 0 aromatic rings. The molecule has 17 heavy (non-hydrogen) atoms. The van der Waals surface area contributed by atoms with Gasteiger partial charge in [0.05, 0.1) is 6.61 Å². The summed E-state index contributed by atoms with van der Waals surface area (Å²) in [6.45, 7) is 8.99. The van der Waals surface area contributed by atoms with Gasteiger partial charge in [-0.15, -0.1) is 0 Å². The SMILES string of the molecule is CC(C)N1CCN(C(CO)C(N)C2CC2)CC1. The minimum absolute atomic E-state index is 0.172. The molecule has 2 rings (SSSR count). The van der Waals surface area contributed by atoms with Crippen molar-refractivity contribution in [1.82, 2.24) is 9.80 Å². The number of hydrogen-bond donors (Lipinski definition) is 2. The van der Waals surface area contributed by atoms with Crippen LogP contribution in [-0.2, 0) is 0 Å². The number of piperazine rings is 1. The summed E-state index contributed by atoms with van der Waals surface area (Å²) in [5.74, 6) is 0.662. The van der Waals surface area contributed by atoms with Crippen molar-refractivity contribution in [2.45, 2.75) is 44.8 Å². The Hall–Kier alpha value is -0.160. The van der Waals surface area contributed by atoms with E-state index < -0.39 is 0 Å². The van der Waals surface area contributed by atoms with Gasteiger partial charge in [0.15, 0.2) is 0 Å². The van der Waals surface area contributed by atoms with E-state index in [2.05, 4.69) is 23.6 Å². The lowest BCUT2D eigenvalue weighted by atomic mass is 10.0. The quantitative estimate of drug-likeness (QED) is 0.717. The fourth-order valence-corrected chi connectivity index (χ4v) is 2.86. The topological polar surface area (TPSA) is 52.7 Å². The van der Waals surface area contributed by atoms with E-state index in [-0.39, 0.29) is 18.7 Å². The minimum atomic E-state index is 0.172. The predicted octanol–water partition coefficient (Wildman–Crippen LogP) is 0.111. The smallest absolute Gasteiger partial charge is 0.0602 e. The van der Waals surface area contributed by atoms with Gasteiger partial charge in [0.1, 0.15) is 0 Å². The van der Waals surface area contributed by atoms with Crippen LogP contribution >= 0.6 is 0 Å². The van der Waals surface area contributed by atoms with Gasteiger partial charge < -0.3 is 10.8 Å². The molecular formula is C13H27N3O. The highest BCUT2D eigenvalue weighted by atomic mass is 16.3. The lowest BCUT2D eigenvalue weighted by Gasteiger charge is -2.42. The molecule has 4 nitrogen and oxygen atoms in total. The molecule has 1 aliphatic carbocycles. The number of rotatable bonds is 5. The van der Waals surface area contributed by atoms with Crippen molar-refractivity contribution < 1.29 is 5.11 Å². The molecule has 0 bridgehead atoms. The summed E-state index contributed by atoms with van der Waals surface area (Å²) in [4.78, 5) is 4.88. The van der Waals surface area contributed by atoms with Crippen LogP contribution in [0.5, 0.6) is 0 Å². The Labute approximate surface area is 105 Å². The zero-order valence-electron chi connectivity index (χ0n) is 11.2. The average Bonchev–Trinajstić information content (AvgIpc) is 3.14. The Morgan fingerprint density at radius 1 is 1.12 bits per heavy atom. The molecule has 1 saturated heterocycles. The van der Waals surface area contributed by atoms with Crippen LogP contribution in [0.2, 0.25) is 0 Å².